The van der Waals surface area contributed by atoms with Gasteiger partial charge in [0, 0.05) is 23.3 Å². The molecule has 0 bridgehead atoms. The van der Waals surface area contributed by atoms with Crippen molar-refractivity contribution < 1.29 is 38.7 Å². The number of methoxy groups -OCH3 is 3. The van der Waals surface area contributed by atoms with E-state index in [1.165, 1.54) is 14.2 Å². The molecule has 0 amide bonds. The van der Waals surface area contributed by atoms with E-state index in [0.717, 1.165) is 0 Å². The number of hydrogen-bond donors (Lipinski definition) is 2. The first-order chi connectivity index (χ1) is 20.8. The Balaban J connectivity index is 1.64. The van der Waals surface area contributed by atoms with Crippen LogP contribution in [-0.4, -0.2) is 49.1 Å². The molecule has 1 spiro atoms. The first kappa shape index (κ1) is 26.9. The summed E-state index contributed by atoms with van der Waals surface area (Å²) < 4.78 is 30.9. The molecule has 4 aromatic rings. The van der Waals surface area contributed by atoms with Crippen molar-refractivity contribution in [3.8, 4) is 23.0 Å². The smallest absolute Gasteiger partial charge is 0.312 e. The van der Waals surface area contributed by atoms with Crippen LogP contribution >= 0.6 is 0 Å². The van der Waals surface area contributed by atoms with Crippen LogP contribution in [0.3, 0.4) is 0 Å². The molecule has 1 saturated carbocycles. The quantitative estimate of drug-likeness (QED) is 0.319. The molecule has 0 saturated heterocycles. The Hall–Kier alpha value is -5.02. The molecule has 5 atom stereocenters. The molecule has 2 N–H and O–H groups in total. The predicted octanol–water partition coefficient (Wildman–Crippen LogP) is 4.86. The van der Waals surface area contributed by atoms with Gasteiger partial charge >= 0.3 is 5.97 Å². The third kappa shape index (κ3) is 3.36. The van der Waals surface area contributed by atoms with E-state index in [1.807, 2.05) is 48.5 Å². The van der Waals surface area contributed by atoms with Gasteiger partial charge in [0.15, 0.2) is 5.60 Å². The number of carboxylic acids is 1. The summed E-state index contributed by atoms with van der Waals surface area (Å²) in [4.78, 5) is 18.2. The van der Waals surface area contributed by atoms with Gasteiger partial charge in [0.1, 0.15) is 28.9 Å². The molecular formula is C34H29NO8. The van der Waals surface area contributed by atoms with Crippen molar-refractivity contribution in [3.05, 3.63) is 119 Å². The van der Waals surface area contributed by atoms with Gasteiger partial charge in [-0.05, 0) is 29.8 Å². The largest absolute Gasteiger partial charge is 0.497 e. The van der Waals surface area contributed by atoms with Gasteiger partial charge in [-0.15, -0.1) is 0 Å². The summed E-state index contributed by atoms with van der Waals surface area (Å²) in [5, 5.41) is 24.0. The van der Waals surface area contributed by atoms with Crippen LogP contribution in [0.15, 0.2) is 102 Å². The molecule has 218 valence electrons. The molecule has 0 radical (unpaired) electrons. The molecule has 9 heteroatoms. The van der Waals surface area contributed by atoms with E-state index in [-0.39, 0.29) is 5.90 Å². The molecule has 7 rings (SSSR count). The van der Waals surface area contributed by atoms with E-state index in [0.29, 0.717) is 45.3 Å². The summed E-state index contributed by atoms with van der Waals surface area (Å²) in [6.45, 7) is 0. The normalized spacial score (nSPS) is 28.0. The maximum absolute atomic E-state index is 13.4. The Morgan fingerprint density at radius 1 is 0.814 bits per heavy atom. The van der Waals surface area contributed by atoms with Gasteiger partial charge in [-0.2, -0.15) is 0 Å². The van der Waals surface area contributed by atoms with Gasteiger partial charge in [0.05, 0.1) is 32.8 Å². The molecule has 0 aromatic heterocycles. The van der Waals surface area contributed by atoms with Crippen LogP contribution in [-0.2, 0) is 20.7 Å². The number of carboxylic acid groups (broad SMARTS) is 1. The van der Waals surface area contributed by atoms with Crippen LogP contribution < -0.4 is 18.9 Å². The van der Waals surface area contributed by atoms with Crippen molar-refractivity contribution in [1.29, 1.82) is 0 Å². The number of ether oxygens (including phenoxy) is 5. The number of benzene rings is 4. The fourth-order valence-corrected chi connectivity index (χ4v) is 7.19. The van der Waals surface area contributed by atoms with Gasteiger partial charge in [0.2, 0.25) is 17.2 Å². The Morgan fingerprint density at radius 3 is 2.07 bits per heavy atom. The number of hydrogen-bond acceptors (Lipinski definition) is 8. The zero-order valence-corrected chi connectivity index (χ0v) is 23.7. The minimum absolute atomic E-state index is 0.0908. The van der Waals surface area contributed by atoms with Gasteiger partial charge in [-0.1, -0.05) is 60.7 Å². The van der Waals surface area contributed by atoms with Gasteiger partial charge in [0.25, 0.3) is 0 Å². The van der Waals surface area contributed by atoms with E-state index in [4.69, 9.17) is 28.7 Å². The summed E-state index contributed by atoms with van der Waals surface area (Å²) in [7, 11) is 4.58. The fourth-order valence-electron chi connectivity index (χ4n) is 7.19. The molecule has 3 aliphatic rings. The van der Waals surface area contributed by atoms with Crippen molar-refractivity contribution in [2.75, 3.05) is 21.3 Å². The standard InChI is InChI=1S/C34H29NO8/c1-39-23-16-14-22(15-17-23)32-27(20-10-6-4-7-11-20)29(31(36)37)34(38)33(32,43-30(35-34)21-12-8-5-9-13-21)28-25(41-3)18-24(40-2)19-26(28)42-32/h4-19,27,29,38H,1-3H3,(H,36,37)/t27-,29+,32+,33-,34-/m1/s1. The Morgan fingerprint density at radius 2 is 1.47 bits per heavy atom. The fraction of sp³-hybridized carbons (Fsp3) is 0.235. The van der Waals surface area contributed by atoms with Crippen LogP contribution in [0.25, 0.3) is 0 Å². The molecule has 9 nitrogen and oxygen atoms in total. The van der Waals surface area contributed by atoms with Crippen LogP contribution in [0.4, 0.5) is 0 Å². The molecule has 1 fully saturated rings. The average Bonchev–Trinajstić information content (AvgIpc) is 3.58. The monoisotopic (exact) mass is 579 g/mol. The van der Waals surface area contributed by atoms with E-state index in [2.05, 4.69) is 0 Å². The number of fused-ring (bicyclic) bond motifs is 1. The van der Waals surface area contributed by atoms with E-state index in [9.17, 15) is 15.0 Å². The van der Waals surface area contributed by atoms with Crippen LogP contribution in [0.1, 0.15) is 28.2 Å². The van der Waals surface area contributed by atoms with Gasteiger partial charge < -0.3 is 33.9 Å². The molecule has 2 heterocycles. The van der Waals surface area contributed by atoms with Crippen molar-refractivity contribution in [1.82, 2.24) is 0 Å². The van der Waals surface area contributed by atoms with Crippen molar-refractivity contribution in [2.24, 2.45) is 10.9 Å². The summed E-state index contributed by atoms with van der Waals surface area (Å²) in [6.07, 6.45) is 0. The molecule has 0 unspecified atom stereocenters. The minimum Gasteiger partial charge on any atom is -0.497 e. The topological polar surface area (TPSA) is 116 Å². The summed E-state index contributed by atoms with van der Waals surface area (Å²) in [6, 6.07) is 28.7. The van der Waals surface area contributed by atoms with Gasteiger partial charge in [-0.3, -0.25) is 4.79 Å². The Labute approximate surface area is 247 Å². The summed E-state index contributed by atoms with van der Waals surface area (Å²) in [5.41, 5.74) is -3.80. The Kier molecular flexibility index (Phi) is 5.93. The zero-order valence-electron chi connectivity index (χ0n) is 23.7. The van der Waals surface area contributed by atoms with Crippen molar-refractivity contribution in [3.63, 3.8) is 0 Å². The van der Waals surface area contributed by atoms with E-state index >= 15 is 0 Å². The minimum atomic E-state index is -2.35. The van der Waals surface area contributed by atoms with E-state index < -0.39 is 34.7 Å². The second kappa shape index (κ2) is 9.50. The number of aliphatic carboxylic acids is 1. The highest BCUT2D eigenvalue weighted by Gasteiger charge is 2.89. The number of carbonyl (C=O) groups is 1. The summed E-state index contributed by atoms with van der Waals surface area (Å²) >= 11 is 0. The highest BCUT2D eigenvalue weighted by atomic mass is 16.6. The van der Waals surface area contributed by atoms with Crippen molar-refractivity contribution >= 4 is 11.9 Å². The SMILES string of the molecule is COc1ccc([C@@]23Oc4cc(OC)cc(OC)c4[C@@]24OC(c2ccccc2)=N[C@@]4(O)[C@H](C(=O)O)[C@H]3c2ccccc2)cc1. The van der Waals surface area contributed by atoms with Crippen LogP contribution in [0, 0.1) is 5.92 Å². The first-order valence-electron chi connectivity index (χ1n) is 13.8. The van der Waals surface area contributed by atoms with Crippen LogP contribution in [0.2, 0.25) is 0 Å². The summed E-state index contributed by atoms with van der Waals surface area (Å²) in [5.74, 6) is -1.98. The Bertz CT molecular complexity index is 1740. The molecule has 1 aliphatic carbocycles. The predicted molar refractivity (Wildman–Crippen MR) is 156 cm³/mol. The lowest BCUT2D eigenvalue weighted by Gasteiger charge is -2.42. The maximum Gasteiger partial charge on any atom is 0.312 e. The molecule has 4 aromatic carbocycles. The van der Waals surface area contributed by atoms with Gasteiger partial charge in [-0.25, -0.2) is 4.99 Å². The molecular weight excluding hydrogens is 550 g/mol. The number of aliphatic hydroxyl groups is 1. The second-order valence-electron chi connectivity index (χ2n) is 10.8. The van der Waals surface area contributed by atoms with Crippen LogP contribution in [0.5, 0.6) is 23.0 Å². The van der Waals surface area contributed by atoms with E-state index in [1.54, 1.807) is 55.6 Å². The lowest BCUT2D eigenvalue weighted by atomic mass is 9.70. The lowest BCUT2D eigenvalue weighted by molar-refractivity contribution is -0.178. The lowest BCUT2D eigenvalue weighted by Crippen LogP contribution is -2.57. The third-order valence-electron chi connectivity index (χ3n) is 8.85. The number of nitrogens with zero attached hydrogens (tertiary/aromatic N) is 1. The third-order valence-corrected chi connectivity index (χ3v) is 8.85. The number of aliphatic imine (C=N–C) groups is 1. The number of rotatable bonds is 7. The average molecular weight is 580 g/mol. The first-order valence-corrected chi connectivity index (χ1v) is 13.8. The zero-order chi connectivity index (χ0) is 30.0. The second-order valence-corrected chi connectivity index (χ2v) is 10.8. The van der Waals surface area contributed by atoms with Crippen molar-refractivity contribution in [2.45, 2.75) is 22.8 Å². The highest BCUT2D eigenvalue weighted by molar-refractivity contribution is 5.98. The highest BCUT2D eigenvalue weighted by Crippen LogP contribution is 2.76. The maximum atomic E-state index is 13.4. The molecule has 2 aliphatic heterocycles. The molecule has 43 heavy (non-hydrogen) atoms.